The SMILES string of the molecule is CCCC[C@H](CC(=O)[C@@H]1CCCN1C(=O)CN)C(=O)N[C@@H](CC(C)C)C(=O)C1(C)CC1. The Morgan fingerprint density at radius 2 is 1.87 bits per heavy atom. The van der Waals surface area contributed by atoms with Crippen LogP contribution in [0.3, 0.4) is 0 Å². The molecule has 0 aromatic heterocycles. The van der Waals surface area contributed by atoms with Gasteiger partial charge in [-0.1, -0.05) is 40.5 Å². The zero-order chi connectivity index (χ0) is 23.2. The molecular weight excluding hydrogens is 394 g/mol. The fraction of sp³-hybridized carbons (Fsp3) is 0.833. The van der Waals surface area contributed by atoms with Gasteiger partial charge >= 0.3 is 0 Å². The van der Waals surface area contributed by atoms with Crippen molar-refractivity contribution >= 4 is 23.4 Å². The van der Waals surface area contributed by atoms with E-state index in [9.17, 15) is 19.2 Å². The van der Waals surface area contributed by atoms with Crippen molar-refractivity contribution in [1.82, 2.24) is 10.2 Å². The smallest absolute Gasteiger partial charge is 0.236 e. The number of hydrogen-bond acceptors (Lipinski definition) is 5. The van der Waals surface area contributed by atoms with E-state index in [0.717, 1.165) is 32.1 Å². The van der Waals surface area contributed by atoms with Crippen LogP contribution in [0.5, 0.6) is 0 Å². The Bertz CT molecular complexity index is 672. The minimum Gasteiger partial charge on any atom is -0.346 e. The number of carbonyl (C=O) groups excluding carboxylic acids is 4. The third-order valence-electron chi connectivity index (χ3n) is 6.78. The molecule has 176 valence electrons. The van der Waals surface area contributed by atoms with Gasteiger partial charge in [0.2, 0.25) is 11.8 Å². The van der Waals surface area contributed by atoms with E-state index in [1.807, 2.05) is 20.8 Å². The number of likely N-dealkylation sites (tertiary alicyclic amines) is 1. The molecule has 0 radical (unpaired) electrons. The minimum absolute atomic E-state index is 0.0727. The van der Waals surface area contributed by atoms with Gasteiger partial charge in [0.05, 0.1) is 18.6 Å². The van der Waals surface area contributed by atoms with Crippen molar-refractivity contribution in [2.75, 3.05) is 13.1 Å². The summed E-state index contributed by atoms with van der Waals surface area (Å²) in [6.45, 7) is 8.54. The van der Waals surface area contributed by atoms with Gasteiger partial charge in [0.25, 0.3) is 0 Å². The lowest BCUT2D eigenvalue weighted by atomic mass is 9.88. The van der Waals surface area contributed by atoms with E-state index < -0.39 is 18.0 Å². The fourth-order valence-electron chi connectivity index (χ4n) is 4.52. The highest BCUT2D eigenvalue weighted by atomic mass is 16.2. The van der Waals surface area contributed by atoms with Crippen LogP contribution in [0.4, 0.5) is 0 Å². The van der Waals surface area contributed by atoms with Crippen LogP contribution in [-0.4, -0.2) is 53.5 Å². The second-order valence-electron chi connectivity index (χ2n) is 10.1. The van der Waals surface area contributed by atoms with Gasteiger partial charge in [0, 0.05) is 24.3 Å². The first-order valence-corrected chi connectivity index (χ1v) is 12.0. The molecule has 2 rings (SSSR count). The summed E-state index contributed by atoms with van der Waals surface area (Å²) in [5.41, 5.74) is 5.18. The fourth-order valence-corrected chi connectivity index (χ4v) is 4.52. The molecule has 7 heteroatoms. The Hall–Kier alpha value is -1.76. The lowest BCUT2D eigenvalue weighted by Gasteiger charge is -2.27. The third-order valence-corrected chi connectivity index (χ3v) is 6.78. The van der Waals surface area contributed by atoms with E-state index in [1.165, 1.54) is 0 Å². The lowest BCUT2D eigenvalue weighted by Crippen LogP contribution is -2.48. The van der Waals surface area contributed by atoms with Crippen LogP contribution in [-0.2, 0) is 19.2 Å². The van der Waals surface area contributed by atoms with Crippen molar-refractivity contribution in [2.45, 2.75) is 97.6 Å². The van der Waals surface area contributed by atoms with Gasteiger partial charge < -0.3 is 16.0 Å². The summed E-state index contributed by atoms with van der Waals surface area (Å²) in [5, 5.41) is 3.00. The largest absolute Gasteiger partial charge is 0.346 e. The zero-order valence-electron chi connectivity index (χ0n) is 19.7. The number of rotatable bonds is 13. The summed E-state index contributed by atoms with van der Waals surface area (Å²) >= 11 is 0. The summed E-state index contributed by atoms with van der Waals surface area (Å²) in [6, 6.07) is -0.979. The van der Waals surface area contributed by atoms with Gasteiger partial charge in [0.1, 0.15) is 0 Å². The number of amides is 2. The number of nitrogens with zero attached hydrogens (tertiary/aromatic N) is 1. The van der Waals surface area contributed by atoms with Crippen LogP contribution < -0.4 is 11.1 Å². The van der Waals surface area contributed by atoms with Gasteiger partial charge in [-0.25, -0.2) is 0 Å². The Morgan fingerprint density at radius 1 is 1.19 bits per heavy atom. The van der Waals surface area contributed by atoms with Crippen LogP contribution >= 0.6 is 0 Å². The molecule has 0 spiro atoms. The number of nitrogens with two attached hydrogens (primary N) is 1. The lowest BCUT2D eigenvalue weighted by molar-refractivity contribution is -0.138. The molecule has 0 aromatic carbocycles. The third kappa shape index (κ3) is 6.86. The average molecular weight is 436 g/mol. The number of ketones is 2. The molecule has 31 heavy (non-hydrogen) atoms. The van der Waals surface area contributed by atoms with Gasteiger partial charge in [-0.05, 0) is 44.4 Å². The van der Waals surface area contributed by atoms with Crippen LogP contribution in [0.25, 0.3) is 0 Å². The standard InChI is InChI=1S/C24H41N3O4/c1-5-6-8-17(14-20(28)19-9-7-12-27(19)21(29)15-25)23(31)26-18(13-16(2)3)22(30)24(4)10-11-24/h16-19H,5-15,25H2,1-4H3,(H,26,31)/t17-,18+,19+/m1/s1. The van der Waals surface area contributed by atoms with Crippen molar-refractivity contribution in [3.05, 3.63) is 0 Å². The molecule has 2 aliphatic rings. The normalized spacial score (nSPS) is 21.6. The maximum Gasteiger partial charge on any atom is 0.236 e. The predicted octanol–water partition coefficient (Wildman–Crippen LogP) is 2.60. The Morgan fingerprint density at radius 3 is 2.42 bits per heavy atom. The quantitative estimate of drug-likeness (QED) is 0.462. The van der Waals surface area contributed by atoms with E-state index in [0.29, 0.717) is 25.8 Å². The first-order chi connectivity index (χ1) is 14.6. The van der Waals surface area contributed by atoms with E-state index in [4.69, 9.17) is 5.73 Å². The van der Waals surface area contributed by atoms with Crippen LogP contribution in [0.2, 0.25) is 0 Å². The Labute approximate surface area is 186 Å². The first kappa shape index (κ1) is 25.5. The van der Waals surface area contributed by atoms with Gasteiger partial charge in [-0.15, -0.1) is 0 Å². The Balaban J connectivity index is 2.08. The molecule has 3 N–H and O–H groups in total. The average Bonchev–Trinajstić information content (AvgIpc) is 3.28. The number of carbonyl (C=O) groups is 4. The summed E-state index contributed by atoms with van der Waals surface area (Å²) < 4.78 is 0. The van der Waals surface area contributed by atoms with Gasteiger partial charge in [0.15, 0.2) is 11.6 Å². The molecule has 0 aromatic rings. The topological polar surface area (TPSA) is 110 Å². The van der Waals surface area contributed by atoms with Crippen LogP contribution in [0, 0.1) is 17.3 Å². The molecule has 1 aliphatic carbocycles. The molecular formula is C24H41N3O4. The van der Waals surface area contributed by atoms with E-state index in [-0.39, 0.29) is 47.7 Å². The summed E-state index contributed by atoms with van der Waals surface area (Å²) in [4.78, 5) is 52.9. The molecule has 3 atom stereocenters. The number of hydrogen-bond donors (Lipinski definition) is 2. The number of unbranched alkanes of at least 4 members (excludes halogenated alkanes) is 1. The molecule has 2 amide bonds. The highest BCUT2D eigenvalue weighted by Crippen LogP contribution is 2.47. The summed E-state index contributed by atoms with van der Waals surface area (Å²) in [6.07, 6.45) is 6.22. The molecule has 1 saturated carbocycles. The van der Waals surface area contributed by atoms with Crippen molar-refractivity contribution in [1.29, 1.82) is 0 Å². The second kappa shape index (κ2) is 11.2. The van der Waals surface area contributed by atoms with E-state index in [2.05, 4.69) is 12.2 Å². The van der Waals surface area contributed by atoms with Gasteiger partial charge in [-0.2, -0.15) is 0 Å². The Kier molecular flexibility index (Phi) is 9.22. The van der Waals surface area contributed by atoms with Crippen molar-refractivity contribution < 1.29 is 19.2 Å². The molecule has 1 saturated heterocycles. The van der Waals surface area contributed by atoms with E-state index in [1.54, 1.807) is 4.90 Å². The maximum atomic E-state index is 13.2. The molecule has 1 heterocycles. The highest BCUT2D eigenvalue weighted by Gasteiger charge is 2.48. The number of Topliss-reactive ketones (excluding diaryl/α,β-unsaturated/α-hetero) is 2. The first-order valence-electron chi connectivity index (χ1n) is 12.0. The van der Waals surface area contributed by atoms with Gasteiger partial charge in [-0.3, -0.25) is 19.2 Å². The molecule has 2 fully saturated rings. The molecule has 1 aliphatic heterocycles. The molecule has 7 nitrogen and oxygen atoms in total. The van der Waals surface area contributed by atoms with Crippen molar-refractivity contribution in [3.63, 3.8) is 0 Å². The highest BCUT2D eigenvalue weighted by molar-refractivity contribution is 5.97. The predicted molar refractivity (Wildman–Crippen MR) is 120 cm³/mol. The zero-order valence-corrected chi connectivity index (χ0v) is 19.7. The molecule has 0 bridgehead atoms. The second-order valence-corrected chi connectivity index (χ2v) is 10.1. The van der Waals surface area contributed by atoms with Crippen molar-refractivity contribution in [2.24, 2.45) is 23.0 Å². The minimum atomic E-state index is -0.499. The van der Waals surface area contributed by atoms with Crippen LogP contribution in [0.1, 0.15) is 85.5 Å². The number of nitrogens with one attached hydrogen (secondary N) is 1. The summed E-state index contributed by atoms with van der Waals surface area (Å²) in [7, 11) is 0. The van der Waals surface area contributed by atoms with Crippen LogP contribution in [0.15, 0.2) is 0 Å². The monoisotopic (exact) mass is 435 g/mol. The van der Waals surface area contributed by atoms with E-state index >= 15 is 0 Å². The maximum absolute atomic E-state index is 13.2. The molecule has 0 unspecified atom stereocenters. The van der Waals surface area contributed by atoms with Crippen molar-refractivity contribution in [3.8, 4) is 0 Å². The summed E-state index contributed by atoms with van der Waals surface area (Å²) in [5.74, 6) is -0.577.